The van der Waals surface area contributed by atoms with E-state index in [4.69, 9.17) is 0 Å². The average Bonchev–Trinajstić information content (AvgIpc) is 2.57. The highest BCUT2D eigenvalue weighted by atomic mass is 15.3. The minimum absolute atomic E-state index is 0.482. The van der Waals surface area contributed by atoms with E-state index in [0.717, 1.165) is 16.8 Å². The highest BCUT2D eigenvalue weighted by molar-refractivity contribution is 5.59. The molecule has 0 bridgehead atoms. The molecule has 2 N–H and O–H groups in total. The molecule has 0 fully saturated rings. The Morgan fingerprint density at radius 2 is 1.86 bits per heavy atom. The number of hydrogen-bond donors (Lipinski definition) is 2. The molecule has 0 aliphatic rings. The monoisotopic (exact) mass is 292 g/mol. The largest absolute Gasteiger partial charge is 0.349 e. The zero-order chi connectivity index (χ0) is 15.2. The molecular formula is C16H16N6. The molecule has 0 spiro atoms. The number of rotatable bonds is 5. The van der Waals surface area contributed by atoms with Gasteiger partial charge in [0, 0.05) is 24.6 Å². The molecule has 2 aromatic heterocycles. The second-order valence-electron chi connectivity index (χ2n) is 4.81. The van der Waals surface area contributed by atoms with Crippen molar-refractivity contribution in [1.82, 2.24) is 20.2 Å². The Kier molecular flexibility index (Phi) is 4.20. The van der Waals surface area contributed by atoms with Crippen molar-refractivity contribution < 1.29 is 0 Å². The van der Waals surface area contributed by atoms with Gasteiger partial charge in [-0.25, -0.2) is 0 Å². The number of aryl methyl sites for hydroxylation is 1. The lowest BCUT2D eigenvalue weighted by atomic mass is 10.2. The maximum absolute atomic E-state index is 4.41. The van der Waals surface area contributed by atoms with Crippen LogP contribution in [0.5, 0.6) is 0 Å². The smallest absolute Gasteiger partial charge is 0.244 e. The first-order valence-corrected chi connectivity index (χ1v) is 6.96. The van der Waals surface area contributed by atoms with Crippen molar-refractivity contribution in [3.05, 3.63) is 66.1 Å². The molecule has 6 heteroatoms. The van der Waals surface area contributed by atoms with Gasteiger partial charge in [0.05, 0.1) is 6.20 Å². The van der Waals surface area contributed by atoms with Crippen LogP contribution in [0.15, 0.2) is 55.0 Å². The minimum atomic E-state index is 0.482. The molecule has 0 saturated heterocycles. The van der Waals surface area contributed by atoms with Crippen molar-refractivity contribution in [1.29, 1.82) is 0 Å². The van der Waals surface area contributed by atoms with Gasteiger partial charge in [0.2, 0.25) is 5.95 Å². The van der Waals surface area contributed by atoms with E-state index in [0.29, 0.717) is 18.3 Å². The van der Waals surface area contributed by atoms with Gasteiger partial charge in [-0.3, -0.25) is 4.98 Å². The van der Waals surface area contributed by atoms with Crippen LogP contribution in [0.25, 0.3) is 0 Å². The summed E-state index contributed by atoms with van der Waals surface area (Å²) in [5, 5.41) is 14.4. The van der Waals surface area contributed by atoms with E-state index in [9.17, 15) is 0 Å². The van der Waals surface area contributed by atoms with Crippen molar-refractivity contribution >= 4 is 17.5 Å². The summed E-state index contributed by atoms with van der Waals surface area (Å²) in [5.74, 6) is 1.14. The molecule has 3 rings (SSSR count). The zero-order valence-electron chi connectivity index (χ0n) is 12.2. The summed E-state index contributed by atoms with van der Waals surface area (Å²) in [4.78, 5) is 8.40. The van der Waals surface area contributed by atoms with Gasteiger partial charge in [-0.15, -0.1) is 5.10 Å². The predicted molar refractivity (Wildman–Crippen MR) is 85.9 cm³/mol. The van der Waals surface area contributed by atoms with Gasteiger partial charge in [-0.1, -0.05) is 18.2 Å². The highest BCUT2D eigenvalue weighted by Crippen LogP contribution is 2.18. The first-order valence-electron chi connectivity index (χ1n) is 6.96. The Morgan fingerprint density at radius 3 is 2.68 bits per heavy atom. The molecular weight excluding hydrogens is 276 g/mol. The number of hydrogen-bond acceptors (Lipinski definition) is 6. The molecule has 1 aromatic carbocycles. The number of pyridine rings is 1. The van der Waals surface area contributed by atoms with Gasteiger partial charge in [0.25, 0.3) is 0 Å². The van der Waals surface area contributed by atoms with Crippen molar-refractivity contribution in [2.45, 2.75) is 13.5 Å². The third-order valence-electron chi connectivity index (χ3n) is 3.17. The lowest BCUT2D eigenvalue weighted by molar-refractivity contribution is 0.947. The molecule has 6 nitrogen and oxygen atoms in total. The number of anilines is 3. The summed E-state index contributed by atoms with van der Waals surface area (Å²) in [5.41, 5.74) is 3.26. The fraction of sp³-hybridized carbons (Fsp3) is 0.125. The van der Waals surface area contributed by atoms with Crippen molar-refractivity contribution in [2.24, 2.45) is 0 Å². The molecule has 110 valence electrons. The van der Waals surface area contributed by atoms with Crippen LogP contribution < -0.4 is 10.6 Å². The first-order chi connectivity index (χ1) is 10.8. The topological polar surface area (TPSA) is 75.6 Å². The van der Waals surface area contributed by atoms with E-state index in [1.807, 2.05) is 43.3 Å². The normalized spacial score (nSPS) is 10.2. The fourth-order valence-corrected chi connectivity index (χ4v) is 1.97. The molecule has 0 amide bonds. The Balaban J connectivity index is 1.69. The van der Waals surface area contributed by atoms with Crippen LogP contribution in [0, 0.1) is 6.92 Å². The van der Waals surface area contributed by atoms with Gasteiger partial charge < -0.3 is 10.6 Å². The van der Waals surface area contributed by atoms with Crippen LogP contribution in [0.2, 0.25) is 0 Å². The van der Waals surface area contributed by atoms with Gasteiger partial charge in [-0.05, 0) is 36.2 Å². The highest BCUT2D eigenvalue weighted by Gasteiger charge is 2.03. The van der Waals surface area contributed by atoms with Gasteiger partial charge in [-0.2, -0.15) is 10.1 Å². The standard InChI is InChI=1S/C16H16N6/c1-12-4-2-3-5-14(12)20-15-11-19-22-16(21-15)18-10-13-6-8-17-9-7-13/h2-9,11H,10H2,1H3,(H2,18,20,21,22). The maximum Gasteiger partial charge on any atom is 0.244 e. The molecule has 0 radical (unpaired) electrons. The van der Waals surface area contributed by atoms with Crippen LogP contribution in [-0.2, 0) is 6.54 Å². The third kappa shape index (κ3) is 3.54. The van der Waals surface area contributed by atoms with Crippen LogP contribution in [0.3, 0.4) is 0 Å². The fourth-order valence-electron chi connectivity index (χ4n) is 1.97. The summed E-state index contributed by atoms with van der Waals surface area (Å²) >= 11 is 0. The van der Waals surface area contributed by atoms with Crippen molar-refractivity contribution in [2.75, 3.05) is 10.6 Å². The molecule has 0 aliphatic carbocycles. The number of nitrogens with one attached hydrogen (secondary N) is 2. The van der Waals surface area contributed by atoms with E-state index in [2.05, 4.69) is 30.8 Å². The van der Waals surface area contributed by atoms with E-state index in [-0.39, 0.29) is 0 Å². The third-order valence-corrected chi connectivity index (χ3v) is 3.17. The SMILES string of the molecule is Cc1ccccc1Nc1cnnc(NCc2ccncc2)n1. The number of nitrogens with zero attached hydrogens (tertiary/aromatic N) is 4. The van der Waals surface area contributed by atoms with Gasteiger partial charge >= 0.3 is 0 Å². The maximum atomic E-state index is 4.41. The van der Waals surface area contributed by atoms with Crippen molar-refractivity contribution in [3.63, 3.8) is 0 Å². The Bertz CT molecular complexity index is 744. The van der Waals surface area contributed by atoms with Gasteiger partial charge in [0.1, 0.15) is 0 Å². The molecule has 22 heavy (non-hydrogen) atoms. The molecule has 0 atom stereocenters. The van der Waals surface area contributed by atoms with Crippen molar-refractivity contribution in [3.8, 4) is 0 Å². The summed E-state index contributed by atoms with van der Waals surface area (Å²) in [6, 6.07) is 11.9. The summed E-state index contributed by atoms with van der Waals surface area (Å²) in [6.45, 7) is 2.66. The van der Waals surface area contributed by atoms with Crippen LogP contribution in [0.4, 0.5) is 17.5 Å². The number of para-hydroxylation sites is 1. The minimum Gasteiger partial charge on any atom is -0.349 e. The Hall–Kier alpha value is -3.02. The molecule has 0 saturated carbocycles. The molecule has 2 heterocycles. The van der Waals surface area contributed by atoms with E-state index < -0.39 is 0 Å². The van der Waals surface area contributed by atoms with Crippen LogP contribution >= 0.6 is 0 Å². The average molecular weight is 292 g/mol. The lowest BCUT2D eigenvalue weighted by Gasteiger charge is -2.09. The van der Waals surface area contributed by atoms with E-state index in [1.165, 1.54) is 0 Å². The second kappa shape index (κ2) is 6.62. The van der Waals surface area contributed by atoms with Gasteiger partial charge in [0.15, 0.2) is 5.82 Å². The van der Waals surface area contributed by atoms with E-state index >= 15 is 0 Å². The van der Waals surface area contributed by atoms with E-state index in [1.54, 1.807) is 18.6 Å². The molecule has 3 aromatic rings. The number of benzene rings is 1. The first kappa shape index (κ1) is 13.9. The predicted octanol–water partition coefficient (Wildman–Crippen LogP) is 2.93. The lowest BCUT2D eigenvalue weighted by Crippen LogP contribution is -2.06. The Labute approximate surface area is 128 Å². The molecule has 0 unspecified atom stereocenters. The second-order valence-corrected chi connectivity index (χ2v) is 4.81. The van der Waals surface area contributed by atoms with Crippen LogP contribution in [0.1, 0.15) is 11.1 Å². The number of aromatic nitrogens is 4. The Morgan fingerprint density at radius 1 is 1.05 bits per heavy atom. The molecule has 0 aliphatic heterocycles. The zero-order valence-corrected chi connectivity index (χ0v) is 12.2. The summed E-state index contributed by atoms with van der Waals surface area (Å²) < 4.78 is 0. The van der Waals surface area contributed by atoms with Crippen LogP contribution in [-0.4, -0.2) is 20.2 Å². The quantitative estimate of drug-likeness (QED) is 0.753. The summed E-state index contributed by atoms with van der Waals surface area (Å²) in [6.07, 6.45) is 5.11. The summed E-state index contributed by atoms with van der Waals surface area (Å²) in [7, 11) is 0.